The molecule has 5 nitrogen and oxygen atoms in total. The third-order valence-electron chi connectivity index (χ3n) is 4.27. The van der Waals surface area contributed by atoms with E-state index in [0.29, 0.717) is 22.3 Å². The molecule has 0 unspecified atom stereocenters. The summed E-state index contributed by atoms with van der Waals surface area (Å²) >= 11 is 1.42. The minimum Gasteiger partial charge on any atom is -0.335 e. The molecule has 0 saturated heterocycles. The Bertz CT molecular complexity index is 947. The lowest BCUT2D eigenvalue weighted by Gasteiger charge is -2.09. The van der Waals surface area contributed by atoms with Crippen molar-refractivity contribution in [2.45, 2.75) is 18.9 Å². The zero-order chi connectivity index (χ0) is 18.6. The lowest BCUT2D eigenvalue weighted by atomic mass is 10.1. The quantitative estimate of drug-likeness (QED) is 0.589. The topological polar surface area (TPSA) is 70.2 Å². The number of amides is 3. The molecule has 3 amide bonds. The van der Waals surface area contributed by atoms with Crippen molar-refractivity contribution in [2.75, 3.05) is 10.6 Å². The molecule has 1 aliphatic rings. The summed E-state index contributed by atoms with van der Waals surface area (Å²) in [5.41, 5.74) is 3.31. The third kappa shape index (κ3) is 4.35. The van der Waals surface area contributed by atoms with E-state index in [2.05, 4.69) is 16.0 Å². The molecular formula is C21H19N3O2S. The van der Waals surface area contributed by atoms with Crippen LogP contribution in [-0.4, -0.2) is 18.0 Å². The fourth-order valence-corrected chi connectivity index (χ4v) is 3.55. The number of hydrogen-bond acceptors (Lipinski definition) is 3. The van der Waals surface area contributed by atoms with Crippen molar-refractivity contribution in [1.82, 2.24) is 5.32 Å². The van der Waals surface area contributed by atoms with Crippen LogP contribution in [0.1, 0.15) is 22.5 Å². The molecule has 3 aromatic rings. The van der Waals surface area contributed by atoms with E-state index in [1.807, 2.05) is 41.8 Å². The molecule has 1 aromatic heterocycles. The first-order valence-corrected chi connectivity index (χ1v) is 9.69. The number of benzene rings is 2. The van der Waals surface area contributed by atoms with Crippen molar-refractivity contribution in [1.29, 1.82) is 0 Å². The van der Waals surface area contributed by atoms with Crippen LogP contribution in [0.4, 0.5) is 16.2 Å². The summed E-state index contributed by atoms with van der Waals surface area (Å²) in [6.45, 7) is 0. The lowest BCUT2D eigenvalue weighted by molar-refractivity contribution is 0.103. The fourth-order valence-electron chi connectivity index (χ4n) is 2.74. The maximum atomic E-state index is 12.7. The summed E-state index contributed by atoms with van der Waals surface area (Å²) in [7, 11) is 0. The molecule has 6 heteroatoms. The maximum Gasteiger partial charge on any atom is 0.319 e. The minimum atomic E-state index is -0.194. The molecule has 1 heterocycles. The van der Waals surface area contributed by atoms with Crippen LogP contribution in [-0.2, 0) is 0 Å². The van der Waals surface area contributed by atoms with Crippen LogP contribution in [0.5, 0.6) is 0 Å². The highest BCUT2D eigenvalue weighted by Crippen LogP contribution is 2.29. The minimum absolute atomic E-state index is 0.143. The Morgan fingerprint density at radius 1 is 0.852 bits per heavy atom. The molecule has 3 N–H and O–H groups in total. The summed E-state index contributed by atoms with van der Waals surface area (Å²) in [6, 6.07) is 19.0. The predicted molar refractivity (Wildman–Crippen MR) is 109 cm³/mol. The van der Waals surface area contributed by atoms with Gasteiger partial charge in [-0.2, -0.15) is 0 Å². The summed E-state index contributed by atoms with van der Waals surface area (Å²) in [5, 5.41) is 10.5. The van der Waals surface area contributed by atoms with Crippen LogP contribution in [0.3, 0.4) is 0 Å². The van der Waals surface area contributed by atoms with Crippen molar-refractivity contribution in [3.8, 4) is 11.1 Å². The highest BCUT2D eigenvalue weighted by atomic mass is 32.1. The lowest BCUT2D eigenvalue weighted by Crippen LogP contribution is -2.30. The van der Waals surface area contributed by atoms with Gasteiger partial charge in [0.25, 0.3) is 5.91 Å². The number of hydrogen-bond donors (Lipinski definition) is 3. The molecule has 1 saturated carbocycles. The molecule has 0 radical (unpaired) electrons. The van der Waals surface area contributed by atoms with Crippen LogP contribution >= 0.6 is 11.3 Å². The molecule has 4 rings (SSSR count). The van der Waals surface area contributed by atoms with Crippen LogP contribution in [0.2, 0.25) is 0 Å². The van der Waals surface area contributed by atoms with Crippen molar-refractivity contribution in [3.05, 3.63) is 70.9 Å². The second-order valence-electron chi connectivity index (χ2n) is 6.43. The Morgan fingerprint density at radius 2 is 1.52 bits per heavy atom. The smallest absolute Gasteiger partial charge is 0.319 e. The number of nitrogens with one attached hydrogen (secondary N) is 3. The molecule has 0 bridgehead atoms. The van der Waals surface area contributed by atoms with E-state index >= 15 is 0 Å². The van der Waals surface area contributed by atoms with Crippen LogP contribution < -0.4 is 16.0 Å². The zero-order valence-electron chi connectivity index (χ0n) is 14.6. The average molecular weight is 377 g/mol. The Kier molecular flexibility index (Phi) is 4.89. The van der Waals surface area contributed by atoms with Gasteiger partial charge in [-0.15, -0.1) is 11.3 Å². The van der Waals surface area contributed by atoms with Crippen LogP contribution in [0.25, 0.3) is 11.1 Å². The van der Waals surface area contributed by atoms with Gasteiger partial charge >= 0.3 is 6.03 Å². The van der Waals surface area contributed by atoms with Gasteiger partial charge in [0, 0.05) is 23.0 Å². The first kappa shape index (κ1) is 17.3. The second kappa shape index (κ2) is 7.63. The molecule has 1 aliphatic carbocycles. The van der Waals surface area contributed by atoms with E-state index in [1.165, 1.54) is 11.3 Å². The van der Waals surface area contributed by atoms with Gasteiger partial charge in [-0.25, -0.2) is 4.79 Å². The van der Waals surface area contributed by atoms with Gasteiger partial charge in [0.05, 0.1) is 4.88 Å². The van der Waals surface area contributed by atoms with Gasteiger partial charge in [0.2, 0.25) is 0 Å². The fraction of sp³-hybridized carbons (Fsp3) is 0.143. The summed E-state index contributed by atoms with van der Waals surface area (Å²) in [5.74, 6) is -0.143. The third-order valence-corrected chi connectivity index (χ3v) is 5.18. The van der Waals surface area contributed by atoms with Gasteiger partial charge in [-0.3, -0.25) is 4.79 Å². The summed E-state index contributed by atoms with van der Waals surface area (Å²) in [4.78, 5) is 25.1. The number of urea groups is 1. The van der Waals surface area contributed by atoms with E-state index in [1.54, 1.807) is 24.3 Å². The highest BCUT2D eigenvalue weighted by Gasteiger charge is 2.23. The van der Waals surface area contributed by atoms with Crippen molar-refractivity contribution in [3.63, 3.8) is 0 Å². The number of thiophene rings is 1. The average Bonchev–Trinajstić information content (AvgIpc) is 3.34. The Labute approximate surface area is 161 Å². The normalized spacial score (nSPS) is 13.0. The summed E-state index contributed by atoms with van der Waals surface area (Å²) in [6.07, 6.45) is 2.10. The Hall–Kier alpha value is -3.12. The Morgan fingerprint density at radius 3 is 2.19 bits per heavy atom. The van der Waals surface area contributed by atoms with Gasteiger partial charge in [-0.1, -0.05) is 30.3 Å². The number of rotatable bonds is 5. The summed E-state index contributed by atoms with van der Waals surface area (Å²) < 4.78 is 0. The number of carbonyl (C=O) groups excluding carboxylic acids is 2. The predicted octanol–water partition coefficient (Wildman–Crippen LogP) is 4.95. The van der Waals surface area contributed by atoms with Crippen molar-refractivity contribution in [2.24, 2.45) is 0 Å². The monoisotopic (exact) mass is 377 g/mol. The molecule has 0 atom stereocenters. The van der Waals surface area contributed by atoms with Gasteiger partial charge < -0.3 is 16.0 Å². The Balaban J connectivity index is 1.41. The van der Waals surface area contributed by atoms with E-state index in [0.717, 1.165) is 24.0 Å². The zero-order valence-corrected chi connectivity index (χ0v) is 15.4. The number of anilines is 2. The van der Waals surface area contributed by atoms with E-state index < -0.39 is 0 Å². The molecular weight excluding hydrogens is 358 g/mol. The van der Waals surface area contributed by atoms with Gasteiger partial charge in [-0.05, 0) is 54.1 Å². The SMILES string of the molecule is O=C(Nc1ccc(NC(=O)c2sccc2-c2ccccc2)cc1)NC1CC1. The van der Waals surface area contributed by atoms with Crippen molar-refractivity contribution >= 4 is 34.6 Å². The molecule has 0 aliphatic heterocycles. The molecule has 136 valence electrons. The van der Waals surface area contributed by atoms with E-state index in [-0.39, 0.29) is 11.9 Å². The second-order valence-corrected chi connectivity index (χ2v) is 7.35. The first-order valence-electron chi connectivity index (χ1n) is 8.81. The molecule has 0 spiro atoms. The highest BCUT2D eigenvalue weighted by molar-refractivity contribution is 7.12. The molecule has 2 aromatic carbocycles. The van der Waals surface area contributed by atoms with Crippen LogP contribution in [0.15, 0.2) is 66.0 Å². The largest absolute Gasteiger partial charge is 0.335 e. The molecule has 1 fully saturated rings. The van der Waals surface area contributed by atoms with E-state index in [9.17, 15) is 9.59 Å². The standard InChI is InChI=1S/C21H19N3O2S/c25-20(19-18(12-13-27-19)14-4-2-1-3-5-14)22-15-6-8-16(9-7-15)23-21(26)24-17-10-11-17/h1-9,12-13,17H,10-11H2,(H,22,25)(H2,23,24,26). The molecule has 27 heavy (non-hydrogen) atoms. The van der Waals surface area contributed by atoms with Gasteiger partial charge in [0.15, 0.2) is 0 Å². The van der Waals surface area contributed by atoms with Gasteiger partial charge in [0.1, 0.15) is 0 Å². The van der Waals surface area contributed by atoms with E-state index in [4.69, 9.17) is 0 Å². The van der Waals surface area contributed by atoms with Crippen LogP contribution in [0, 0.1) is 0 Å². The number of carbonyl (C=O) groups is 2. The van der Waals surface area contributed by atoms with Crippen molar-refractivity contribution < 1.29 is 9.59 Å². The maximum absolute atomic E-state index is 12.7. The first-order chi connectivity index (χ1) is 13.2.